The number of carbonyl (C=O) groups is 2. The SMILES string of the molecule is CC(C)(NCC(=O)c1ccc2ccccc2c1C#Cc1ccc(F)cc1)C(=O)O. The van der Waals surface area contributed by atoms with Crippen LogP contribution in [0.4, 0.5) is 4.39 Å². The van der Waals surface area contributed by atoms with Crippen LogP contribution in [0.2, 0.25) is 0 Å². The van der Waals surface area contributed by atoms with Crippen LogP contribution in [0.5, 0.6) is 0 Å². The summed E-state index contributed by atoms with van der Waals surface area (Å²) in [6.45, 7) is 2.86. The Morgan fingerprint density at radius 2 is 1.69 bits per heavy atom. The van der Waals surface area contributed by atoms with Crippen LogP contribution in [-0.2, 0) is 4.79 Å². The Bertz CT molecular complexity index is 1140. The van der Waals surface area contributed by atoms with Crippen LogP contribution in [-0.4, -0.2) is 28.9 Å². The zero-order valence-electron chi connectivity index (χ0n) is 16.1. The number of carbonyl (C=O) groups excluding carboxylic acids is 1. The lowest BCUT2D eigenvalue weighted by Gasteiger charge is -2.20. The number of ketones is 1. The van der Waals surface area contributed by atoms with E-state index in [1.165, 1.54) is 26.0 Å². The molecule has 0 saturated carbocycles. The molecule has 0 unspecified atom stereocenters. The number of carboxylic acids is 1. The quantitative estimate of drug-likeness (QED) is 0.511. The topological polar surface area (TPSA) is 66.4 Å². The van der Waals surface area contributed by atoms with Gasteiger partial charge in [-0.05, 0) is 55.0 Å². The van der Waals surface area contributed by atoms with E-state index in [9.17, 15) is 19.1 Å². The minimum absolute atomic E-state index is 0.136. The maximum absolute atomic E-state index is 13.1. The van der Waals surface area contributed by atoms with Crippen molar-refractivity contribution in [1.29, 1.82) is 0 Å². The summed E-state index contributed by atoms with van der Waals surface area (Å²) >= 11 is 0. The summed E-state index contributed by atoms with van der Waals surface area (Å²) in [5.74, 6) is 4.40. The molecular formula is C24H20FNO3. The minimum Gasteiger partial charge on any atom is -0.480 e. The fraction of sp³-hybridized carbons (Fsp3) is 0.167. The van der Waals surface area contributed by atoms with E-state index in [2.05, 4.69) is 17.2 Å². The summed E-state index contributed by atoms with van der Waals surface area (Å²) in [4.78, 5) is 24.1. The third-order valence-corrected chi connectivity index (χ3v) is 4.63. The van der Waals surface area contributed by atoms with Gasteiger partial charge in [-0.15, -0.1) is 0 Å². The second kappa shape index (κ2) is 8.26. The van der Waals surface area contributed by atoms with Crippen molar-refractivity contribution in [3.8, 4) is 11.8 Å². The number of hydrogen-bond donors (Lipinski definition) is 2. The zero-order chi connectivity index (χ0) is 21.0. The Hall–Kier alpha value is -3.49. The zero-order valence-corrected chi connectivity index (χ0v) is 16.1. The molecule has 3 rings (SSSR count). The smallest absolute Gasteiger partial charge is 0.323 e. The molecule has 0 spiro atoms. The first-order chi connectivity index (χ1) is 13.8. The summed E-state index contributed by atoms with van der Waals surface area (Å²) in [5, 5.41) is 13.8. The number of aliphatic carboxylic acids is 1. The van der Waals surface area contributed by atoms with Crippen molar-refractivity contribution in [2.45, 2.75) is 19.4 Å². The number of hydrogen-bond acceptors (Lipinski definition) is 3. The normalized spacial score (nSPS) is 11.0. The Morgan fingerprint density at radius 3 is 2.38 bits per heavy atom. The highest BCUT2D eigenvalue weighted by Crippen LogP contribution is 2.22. The van der Waals surface area contributed by atoms with Crippen LogP contribution in [0, 0.1) is 17.7 Å². The lowest BCUT2D eigenvalue weighted by atomic mass is 9.95. The lowest BCUT2D eigenvalue weighted by Crippen LogP contribution is -2.48. The van der Waals surface area contributed by atoms with Crippen LogP contribution in [0.1, 0.15) is 35.3 Å². The van der Waals surface area contributed by atoms with Gasteiger partial charge in [0.15, 0.2) is 5.78 Å². The van der Waals surface area contributed by atoms with Gasteiger partial charge in [-0.25, -0.2) is 4.39 Å². The maximum atomic E-state index is 13.1. The average Bonchev–Trinajstić information content (AvgIpc) is 2.71. The molecule has 29 heavy (non-hydrogen) atoms. The van der Waals surface area contributed by atoms with Crippen LogP contribution in [0.15, 0.2) is 60.7 Å². The molecule has 3 aromatic rings. The molecular weight excluding hydrogens is 369 g/mol. The van der Waals surface area contributed by atoms with Crippen molar-refractivity contribution >= 4 is 22.5 Å². The van der Waals surface area contributed by atoms with Crippen LogP contribution < -0.4 is 5.32 Å². The molecule has 0 heterocycles. The van der Waals surface area contributed by atoms with Gasteiger partial charge in [0.05, 0.1) is 6.54 Å². The Labute approximate surface area is 168 Å². The second-order valence-electron chi connectivity index (χ2n) is 7.17. The molecule has 4 nitrogen and oxygen atoms in total. The van der Waals surface area contributed by atoms with E-state index in [4.69, 9.17) is 0 Å². The molecule has 0 aliphatic heterocycles. The standard InChI is InChI=1S/C24H20FNO3/c1-24(2,23(28)29)26-15-22(27)21-14-10-17-5-3-4-6-19(17)20(21)13-9-16-7-11-18(25)12-8-16/h3-8,10-12,14,26H,15H2,1-2H3,(H,28,29). The lowest BCUT2D eigenvalue weighted by molar-refractivity contribution is -0.143. The largest absolute Gasteiger partial charge is 0.480 e. The van der Waals surface area contributed by atoms with Gasteiger partial charge in [0.25, 0.3) is 0 Å². The molecule has 2 N–H and O–H groups in total. The first-order valence-corrected chi connectivity index (χ1v) is 9.09. The third kappa shape index (κ3) is 4.68. The molecule has 5 heteroatoms. The van der Waals surface area contributed by atoms with E-state index in [-0.39, 0.29) is 18.1 Å². The first kappa shape index (κ1) is 20.2. The predicted octanol–water partition coefficient (Wildman–Crippen LogP) is 4.01. The summed E-state index contributed by atoms with van der Waals surface area (Å²) in [7, 11) is 0. The van der Waals surface area contributed by atoms with E-state index in [0.717, 1.165) is 10.8 Å². The van der Waals surface area contributed by atoms with Gasteiger partial charge in [-0.3, -0.25) is 14.9 Å². The number of Topliss-reactive ketones (excluding diaryl/α,β-unsaturated/α-hetero) is 1. The molecule has 0 aliphatic rings. The van der Waals surface area contributed by atoms with E-state index in [0.29, 0.717) is 16.7 Å². The van der Waals surface area contributed by atoms with Gasteiger partial charge < -0.3 is 5.11 Å². The van der Waals surface area contributed by atoms with E-state index < -0.39 is 11.5 Å². The molecule has 0 fully saturated rings. The molecule has 0 amide bonds. The first-order valence-electron chi connectivity index (χ1n) is 9.09. The van der Waals surface area contributed by atoms with E-state index in [1.54, 1.807) is 18.2 Å². The summed E-state index contributed by atoms with van der Waals surface area (Å²) in [6, 6.07) is 16.9. The van der Waals surface area contributed by atoms with Gasteiger partial charge in [-0.2, -0.15) is 0 Å². The predicted molar refractivity (Wildman–Crippen MR) is 110 cm³/mol. The molecule has 0 saturated heterocycles. The van der Waals surface area contributed by atoms with Gasteiger partial charge in [0.2, 0.25) is 0 Å². The highest BCUT2D eigenvalue weighted by Gasteiger charge is 2.27. The van der Waals surface area contributed by atoms with Gasteiger partial charge in [0.1, 0.15) is 11.4 Å². The maximum Gasteiger partial charge on any atom is 0.323 e. The van der Waals surface area contributed by atoms with Crippen LogP contribution in [0.3, 0.4) is 0 Å². The van der Waals surface area contributed by atoms with Crippen molar-refractivity contribution in [2.24, 2.45) is 0 Å². The monoisotopic (exact) mass is 389 g/mol. The molecule has 0 aromatic heterocycles. The third-order valence-electron chi connectivity index (χ3n) is 4.63. The highest BCUT2D eigenvalue weighted by atomic mass is 19.1. The fourth-order valence-electron chi connectivity index (χ4n) is 2.78. The van der Waals surface area contributed by atoms with Crippen molar-refractivity contribution in [2.75, 3.05) is 6.54 Å². The van der Waals surface area contributed by atoms with Crippen molar-refractivity contribution in [3.63, 3.8) is 0 Å². The number of fused-ring (bicyclic) bond motifs is 1. The molecule has 3 aromatic carbocycles. The molecule has 0 radical (unpaired) electrons. The number of carboxylic acid groups (broad SMARTS) is 1. The second-order valence-corrected chi connectivity index (χ2v) is 7.17. The van der Waals surface area contributed by atoms with Crippen molar-refractivity contribution in [1.82, 2.24) is 5.32 Å². The number of rotatable bonds is 5. The van der Waals surface area contributed by atoms with E-state index >= 15 is 0 Å². The van der Waals surface area contributed by atoms with Crippen LogP contribution >= 0.6 is 0 Å². The van der Waals surface area contributed by atoms with Crippen molar-refractivity contribution in [3.05, 3.63) is 83.2 Å². The number of benzene rings is 3. The van der Waals surface area contributed by atoms with Crippen molar-refractivity contribution < 1.29 is 19.1 Å². The Balaban J connectivity index is 2.01. The summed E-state index contributed by atoms with van der Waals surface area (Å²) < 4.78 is 13.1. The van der Waals surface area contributed by atoms with E-state index in [1.807, 2.05) is 30.3 Å². The molecule has 0 aliphatic carbocycles. The number of nitrogens with one attached hydrogen (secondary N) is 1. The Kier molecular flexibility index (Phi) is 5.76. The summed E-state index contributed by atoms with van der Waals surface area (Å²) in [6.07, 6.45) is 0. The fourth-order valence-corrected chi connectivity index (χ4v) is 2.78. The number of halogens is 1. The summed E-state index contributed by atoms with van der Waals surface area (Å²) in [5.41, 5.74) is 0.370. The average molecular weight is 389 g/mol. The minimum atomic E-state index is -1.23. The molecule has 146 valence electrons. The highest BCUT2D eigenvalue weighted by molar-refractivity contribution is 6.05. The van der Waals surface area contributed by atoms with Gasteiger partial charge in [0, 0.05) is 16.7 Å². The Morgan fingerprint density at radius 1 is 1.00 bits per heavy atom. The van der Waals surface area contributed by atoms with Gasteiger partial charge in [-0.1, -0.05) is 42.2 Å². The van der Waals surface area contributed by atoms with Crippen LogP contribution in [0.25, 0.3) is 10.8 Å². The van der Waals surface area contributed by atoms with Gasteiger partial charge >= 0.3 is 5.97 Å². The molecule has 0 bridgehead atoms. The molecule has 0 atom stereocenters.